The van der Waals surface area contributed by atoms with E-state index in [0.717, 1.165) is 13.0 Å². The molecule has 1 N–H and O–H groups in total. The van der Waals surface area contributed by atoms with Crippen LogP contribution in [-0.4, -0.2) is 21.9 Å². The molecule has 1 rings (SSSR count). The lowest BCUT2D eigenvalue weighted by Gasteiger charge is -2.34. The molecule has 0 spiro atoms. The number of nitrogens with one attached hydrogen (secondary N) is 1. The Balaban J connectivity index is 2.55. The van der Waals surface area contributed by atoms with Gasteiger partial charge in [-0.2, -0.15) is 5.10 Å². The number of hydrogen-bond acceptors (Lipinski definition) is 2. The van der Waals surface area contributed by atoms with E-state index in [0.29, 0.717) is 11.3 Å². The first-order chi connectivity index (χ1) is 8.58. The van der Waals surface area contributed by atoms with E-state index >= 15 is 0 Å². The molecule has 3 nitrogen and oxygen atoms in total. The van der Waals surface area contributed by atoms with Gasteiger partial charge in [-0.15, -0.1) is 0 Å². The molecule has 0 radical (unpaired) electrons. The van der Waals surface area contributed by atoms with Crippen LogP contribution in [0.1, 0.15) is 53.5 Å². The van der Waals surface area contributed by atoms with E-state index in [4.69, 9.17) is 0 Å². The SMILES string of the molecule is Cn1cc(CCC(CNC(C)(C)C)C(C)(C)C)cn1. The second kappa shape index (κ2) is 6.08. The smallest absolute Gasteiger partial charge is 0.0521 e. The molecular formula is C16H31N3. The number of aryl methyl sites for hydroxylation is 2. The summed E-state index contributed by atoms with van der Waals surface area (Å²) in [6.45, 7) is 14.8. The molecular weight excluding hydrogens is 234 g/mol. The van der Waals surface area contributed by atoms with Gasteiger partial charge in [0.1, 0.15) is 0 Å². The minimum atomic E-state index is 0.192. The Labute approximate surface area is 118 Å². The molecule has 0 aliphatic heterocycles. The highest BCUT2D eigenvalue weighted by Gasteiger charge is 2.25. The van der Waals surface area contributed by atoms with Crippen LogP contribution in [0.4, 0.5) is 0 Å². The van der Waals surface area contributed by atoms with Crippen molar-refractivity contribution in [3.05, 3.63) is 18.0 Å². The van der Waals surface area contributed by atoms with E-state index in [1.807, 2.05) is 17.9 Å². The molecule has 0 saturated heterocycles. The third kappa shape index (κ3) is 6.24. The molecule has 110 valence electrons. The molecule has 0 aliphatic carbocycles. The predicted molar refractivity (Wildman–Crippen MR) is 82.2 cm³/mol. The second-order valence-electron chi connectivity index (χ2n) is 7.75. The lowest BCUT2D eigenvalue weighted by molar-refractivity contribution is 0.203. The molecule has 19 heavy (non-hydrogen) atoms. The maximum Gasteiger partial charge on any atom is 0.0521 e. The molecule has 0 aromatic carbocycles. The number of hydrogen-bond donors (Lipinski definition) is 1. The predicted octanol–water partition coefficient (Wildman–Crippen LogP) is 3.40. The summed E-state index contributed by atoms with van der Waals surface area (Å²) in [5.74, 6) is 0.673. The maximum atomic E-state index is 4.24. The van der Waals surface area contributed by atoms with E-state index in [9.17, 15) is 0 Å². The second-order valence-corrected chi connectivity index (χ2v) is 7.75. The van der Waals surface area contributed by atoms with Gasteiger partial charge >= 0.3 is 0 Å². The topological polar surface area (TPSA) is 29.9 Å². The van der Waals surface area contributed by atoms with Crippen molar-refractivity contribution in [3.63, 3.8) is 0 Å². The van der Waals surface area contributed by atoms with Gasteiger partial charge in [0.2, 0.25) is 0 Å². The normalized spacial score (nSPS) is 14.7. The van der Waals surface area contributed by atoms with Crippen molar-refractivity contribution in [2.24, 2.45) is 18.4 Å². The van der Waals surface area contributed by atoms with Crippen molar-refractivity contribution in [1.29, 1.82) is 0 Å². The van der Waals surface area contributed by atoms with Gasteiger partial charge in [0.25, 0.3) is 0 Å². The van der Waals surface area contributed by atoms with Crippen molar-refractivity contribution >= 4 is 0 Å². The number of aromatic nitrogens is 2. The molecule has 0 bridgehead atoms. The fraction of sp³-hybridized carbons (Fsp3) is 0.812. The molecule has 1 heterocycles. The van der Waals surface area contributed by atoms with Crippen LogP contribution in [0.2, 0.25) is 0 Å². The Morgan fingerprint density at radius 1 is 1.21 bits per heavy atom. The summed E-state index contributed by atoms with van der Waals surface area (Å²) in [4.78, 5) is 0. The Bertz CT molecular complexity index is 379. The van der Waals surface area contributed by atoms with Crippen LogP contribution in [0, 0.1) is 11.3 Å². The van der Waals surface area contributed by atoms with Crippen LogP contribution in [0.15, 0.2) is 12.4 Å². The Morgan fingerprint density at radius 2 is 1.84 bits per heavy atom. The summed E-state index contributed by atoms with van der Waals surface area (Å²) >= 11 is 0. The lowest BCUT2D eigenvalue weighted by Crippen LogP contribution is -2.42. The zero-order chi connectivity index (χ0) is 14.7. The monoisotopic (exact) mass is 265 g/mol. The highest BCUT2D eigenvalue weighted by molar-refractivity contribution is 5.04. The molecule has 0 saturated carbocycles. The van der Waals surface area contributed by atoms with E-state index < -0.39 is 0 Å². The quantitative estimate of drug-likeness (QED) is 0.884. The largest absolute Gasteiger partial charge is 0.312 e. The standard InChI is InChI=1S/C16H31N3/c1-15(2,3)14(11-17-16(4,5)6)9-8-13-10-18-19(7)12-13/h10,12,14,17H,8-9,11H2,1-7H3. The first-order valence-corrected chi connectivity index (χ1v) is 7.30. The van der Waals surface area contributed by atoms with Crippen LogP contribution in [-0.2, 0) is 13.5 Å². The minimum absolute atomic E-state index is 0.192. The summed E-state index contributed by atoms with van der Waals surface area (Å²) in [5, 5.41) is 7.89. The maximum absolute atomic E-state index is 4.24. The van der Waals surface area contributed by atoms with Crippen LogP contribution >= 0.6 is 0 Å². The van der Waals surface area contributed by atoms with Gasteiger partial charge in [-0.3, -0.25) is 4.68 Å². The summed E-state index contributed by atoms with van der Waals surface area (Å²) in [7, 11) is 1.98. The third-order valence-corrected chi connectivity index (χ3v) is 3.64. The summed E-state index contributed by atoms with van der Waals surface area (Å²) in [6, 6.07) is 0. The molecule has 1 atom stereocenters. The average molecular weight is 265 g/mol. The van der Waals surface area contributed by atoms with Crippen LogP contribution < -0.4 is 5.32 Å². The fourth-order valence-corrected chi connectivity index (χ4v) is 2.21. The number of nitrogens with zero attached hydrogens (tertiary/aromatic N) is 2. The Kier molecular flexibility index (Phi) is 5.19. The average Bonchev–Trinajstić information content (AvgIpc) is 2.60. The van der Waals surface area contributed by atoms with E-state index in [-0.39, 0.29) is 5.54 Å². The zero-order valence-electron chi connectivity index (χ0n) is 13.7. The van der Waals surface area contributed by atoms with E-state index in [1.165, 1.54) is 12.0 Å². The fourth-order valence-electron chi connectivity index (χ4n) is 2.21. The molecule has 0 aliphatic rings. The van der Waals surface area contributed by atoms with Crippen molar-refractivity contribution in [3.8, 4) is 0 Å². The molecule has 1 unspecified atom stereocenters. The van der Waals surface area contributed by atoms with Crippen molar-refractivity contribution in [2.75, 3.05) is 6.54 Å². The summed E-state index contributed by atoms with van der Waals surface area (Å²) in [6.07, 6.45) is 6.42. The molecule has 0 amide bonds. The highest BCUT2D eigenvalue weighted by Crippen LogP contribution is 2.29. The van der Waals surface area contributed by atoms with Crippen molar-refractivity contribution in [2.45, 2.75) is 59.9 Å². The van der Waals surface area contributed by atoms with E-state index in [1.54, 1.807) is 0 Å². The van der Waals surface area contributed by atoms with Gasteiger partial charge < -0.3 is 5.32 Å². The van der Waals surface area contributed by atoms with Gasteiger partial charge in [-0.1, -0.05) is 20.8 Å². The van der Waals surface area contributed by atoms with Crippen LogP contribution in [0.25, 0.3) is 0 Å². The molecule has 1 aromatic heterocycles. The number of rotatable bonds is 5. The van der Waals surface area contributed by atoms with Gasteiger partial charge in [-0.25, -0.2) is 0 Å². The Hall–Kier alpha value is -0.830. The van der Waals surface area contributed by atoms with Crippen LogP contribution in [0.5, 0.6) is 0 Å². The highest BCUT2D eigenvalue weighted by atomic mass is 15.2. The Morgan fingerprint density at radius 3 is 2.26 bits per heavy atom. The van der Waals surface area contributed by atoms with Crippen LogP contribution in [0.3, 0.4) is 0 Å². The van der Waals surface area contributed by atoms with Gasteiger partial charge in [-0.05, 0) is 57.1 Å². The minimum Gasteiger partial charge on any atom is -0.312 e. The summed E-state index contributed by atoms with van der Waals surface area (Å²) in [5.41, 5.74) is 1.87. The first-order valence-electron chi connectivity index (χ1n) is 7.30. The lowest BCUT2D eigenvalue weighted by atomic mass is 9.77. The van der Waals surface area contributed by atoms with E-state index in [2.05, 4.69) is 58.2 Å². The molecule has 3 heteroatoms. The van der Waals surface area contributed by atoms with Crippen molar-refractivity contribution < 1.29 is 0 Å². The first kappa shape index (κ1) is 16.2. The molecule has 0 fully saturated rings. The van der Waals surface area contributed by atoms with Gasteiger partial charge in [0.05, 0.1) is 6.20 Å². The third-order valence-electron chi connectivity index (χ3n) is 3.64. The summed E-state index contributed by atoms with van der Waals surface area (Å²) < 4.78 is 1.88. The zero-order valence-corrected chi connectivity index (χ0v) is 13.7. The van der Waals surface area contributed by atoms with Gasteiger partial charge in [0.15, 0.2) is 0 Å². The van der Waals surface area contributed by atoms with Crippen molar-refractivity contribution in [1.82, 2.24) is 15.1 Å². The van der Waals surface area contributed by atoms with Gasteiger partial charge in [0, 0.05) is 18.8 Å². The molecule has 1 aromatic rings.